The third-order valence-electron chi connectivity index (χ3n) is 6.19. The molecule has 1 N–H and O–H groups in total. The van der Waals surface area contributed by atoms with Gasteiger partial charge >= 0.3 is 6.03 Å². The molecule has 2 aromatic rings. The molecule has 5 nitrogen and oxygen atoms in total. The molecule has 1 saturated carbocycles. The number of rotatable bonds is 2. The van der Waals surface area contributed by atoms with Crippen molar-refractivity contribution in [2.45, 2.75) is 70.4 Å². The van der Waals surface area contributed by atoms with Crippen LogP contribution in [0.1, 0.15) is 55.8 Å². The van der Waals surface area contributed by atoms with Gasteiger partial charge in [-0.25, -0.2) is 13.6 Å². The maximum atomic E-state index is 13.3. The van der Waals surface area contributed by atoms with E-state index in [4.69, 9.17) is 5.10 Å². The van der Waals surface area contributed by atoms with Gasteiger partial charge in [0.2, 0.25) is 5.92 Å². The van der Waals surface area contributed by atoms with E-state index in [1.54, 1.807) is 0 Å². The summed E-state index contributed by atoms with van der Waals surface area (Å²) in [5.74, 6) is -2.57. The molecule has 0 bridgehead atoms. The Morgan fingerprint density at radius 3 is 2.50 bits per heavy atom. The van der Waals surface area contributed by atoms with E-state index in [-0.39, 0.29) is 31.0 Å². The fourth-order valence-corrected chi connectivity index (χ4v) is 4.45. The summed E-state index contributed by atoms with van der Waals surface area (Å²) >= 11 is 0. The lowest BCUT2D eigenvalue weighted by molar-refractivity contribution is -0.0398. The number of urea groups is 1. The molecule has 2 fully saturated rings. The summed E-state index contributed by atoms with van der Waals surface area (Å²) in [5.41, 5.74) is 3.41. The molecule has 1 aliphatic carbocycles. The lowest BCUT2D eigenvalue weighted by atomic mass is 9.92. The van der Waals surface area contributed by atoms with Gasteiger partial charge in [0, 0.05) is 37.4 Å². The highest BCUT2D eigenvalue weighted by molar-refractivity contribution is 5.82. The highest BCUT2D eigenvalue weighted by Gasteiger charge is 2.36. The van der Waals surface area contributed by atoms with Gasteiger partial charge in [0.1, 0.15) is 0 Å². The van der Waals surface area contributed by atoms with Gasteiger partial charge < -0.3 is 10.2 Å². The van der Waals surface area contributed by atoms with Crippen LogP contribution in [0.2, 0.25) is 0 Å². The number of amides is 2. The van der Waals surface area contributed by atoms with E-state index in [9.17, 15) is 13.6 Å². The van der Waals surface area contributed by atoms with Crippen molar-refractivity contribution >= 4 is 16.9 Å². The molecule has 152 valence electrons. The number of aromatic nitrogens is 2. The Morgan fingerprint density at radius 1 is 1.14 bits per heavy atom. The van der Waals surface area contributed by atoms with Gasteiger partial charge in [0.25, 0.3) is 0 Å². The zero-order valence-corrected chi connectivity index (χ0v) is 16.5. The molecule has 1 aromatic heterocycles. The van der Waals surface area contributed by atoms with Crippen LogP contribution in [0, 0.1) is 13.8 Å². The lowest BCUT2D eigenvalue weighted by Gasteiger charge is -2.35. The summed E-state index contributed by atoms with van der Waals surface area (Å²) in [4.78, 5) is 14.3. The maximum absolute atomic E-state index is 13.3. The van der Waals surface area contributed by atoms with Crippen LogP contribution in [-0.4, -0.2) is 45.8 Å². The van der Waals surface area contributed by atoms with E-state index in [1.807, 2.05) is 11.8 Å². The Bertz CT molecular complexity index is 861. The number of fused-ring (bicyclic) bond motifs is 1. The summed E-state index contributed by atoms with van der Waals surface area (Å²) in [6.45, 7) is 5.44. The van der Waals surface area contributed by atoms with Crippen molar-refractivity contribution in [3.8, 4) is 0 Å². The molecule has 1 aromatic carbocycles. The molecule has 2 heterocycles. The first-order valence-corrected chi connectivity index (χ1v) is 10.2. The normalized spacial score (nSPS) is 21.2. The van der Waals surface area contributed by atoms with Crippen LogP contribution in [0.3, 0.4) is 0 Å². The molecule has 1 saturated heterocycles. The number of hydrogen-bond acceptors (Lipinski definition) is 2. The zero-order chi connectivity index (χ0) is 19.9. The lowest BCUT2D eigenvalue weighted by Crippen LogP contribution is -2.49. The van der Waals surface area contributed by atoms with E-state index in [2.05, 4.69) is 35.1 Å². The minimum absolute atomic E-state index is 0.120. The number of nitrogens with zero attached hydrogens (tertiary/aromatic N) is 3. The average molecular weight is 390 g/mol. The predicted octanol–water partition coefficient (Wildman–Crippen LogP) is 4.58. The smallest absolute Gasteiger partial charge is 0.317 e. The predicted molar refractivity (Wildman–Crippen MR) is 105 cm³/mol. The average Bonchev–Trinajstić information content (AvgIpc) is 2.99. The van der Waals surface area contributed by atoms with Crippen LogP contribution in [-0.2, 0) is 0 Å². The number of nitrogens with one attached hydrogen (secondary N) is 1. The summed E-state index contributed by atoms with van der Waals surface area (Å²) in [6, 6.07) is 6.43. The van der Waals surface area contributed by atoms with Crippen LogP contribution in [0.4, 0.5) is 13.6 Å². The number of alkyl halides is 2. The molecule has 1 aliphatic heterocycles. The second-order valence-corrected chi connectivity index (χ2v) is 8.35. The van der Waals surface area contributed by atoms with Crippen molar-refractivity contribution in [1.29, 1.82) is 0 Å². The van der Waals surface area contributed by atoms with Crippen LogP contribution in [0.25, 0.3) is 10.9 Å². The van der Waals surface area contributed by atoms with E-state index in [1.165, 1.54) is 10.9 Å². The minimum atomic E-state index is -2.57. The monoisotopic (exact) mass is 390 g/mol. The van der Waals surface area contributed by atoms with Crippen molar-refractivity contribution in [1.82, 2.24) is 20.0 Å². The fraction of sp³-hybridized carbons (Fsp3) is 0.619. The summed E-state index contributed by atoms with van der Waals surface area (Å²) in [6.07, 6.45) is 2.14. The molecule has 2 amide bonds. The first-order valence-electron chi connectivity index (χ1n) is 10.2. The van der Waals surface area contributed by atoms with Gasteiger partial charge in [-0.2, -0.15) is 5.10 Å². The molecular formula is C21H28F2N4O. The van der Waals surface area contributed by atoms with Crippen LogP contribution < -0.4 is 5.32 Å². The number of aryl methyl sites for hydroxylation is 2. The molecule has 7 heteroatoms. The van der Waals surface area contributed by atoms with Crippen molar-refractivity contribution in [3.63, 3.8) is 0 Å². The molecule has 0 unspecified atom stereocenters. The first-order chi connectivity index (χ1) is 13.3. The number of halogens is 2. The van der Waals surface area contributed by atoms with Crippen LogP contribution >= 0.6 is 0 Å². The SMILES string of the molecule is Cc1ccc2c(c1)c(C)nn2C1CCN(C(=O)NC2CCC(F)(F)CC2)CC1. The minimum Gasteiger partial charge on any atom is -0.335 e. The third-order valence-corrected chi connectivity index (χ3v) is 6.19. The maximum Gasteiger partial charge on any atom is 0.317 e. The Balaban J connectivity index is 1.35. The van der Waals surface area contributed by atoms with Crippen molar-refractivity contribution in [3.05, 3.63) is 29.5 Å². The van der Waals surface area contributed by atoms with Crippen LogP contribution in [0.15, 0.2) is 18.2 Å². The first kappa shape index (κ1) is 19.2. The molecule has 2 aliphatic rings. The van der Waals surface area contributed by atoms with Crippen molar-refractivity contribution < 1.29 is 13.6 Å². The van der Waals surface area contributed by atoms with Gasteiger partial charge in [0.05, 0.1) is 17.3 Å². The topological polar surface area (TPSA) is 50.2 Å². The molecule has 0 atom stereocenters. The zero-order valence-electron chi connectivity index (χ0n) is 16.5. The summed E-state index contributed by atoms with van der Waals surface area (Å²) < 4.78 is 28.7. The Hall–Kier alpha value is -2.18. The van der Waals surface area contributed by atoms with Gasteiger partial charge in [-0.3, -0.25) is 4.68 Å². The van der Waals surface area contributed by atoms with Gasteiger partial charge in [0.15, 0.2) is 0 Å². The largest absolute Gasteiger partial charge is 0.335 e. The Kier molecular flexibility index (Phi) is 5.02. The number of carbonyl (C=O) groups is 1. The number of hydrogen-bond donors (Lipinski definition) is 1. The van der Waals surface area contributed by atoms with E-state index in [0.717, 1.165) is 24.1 Å². The number of piperidine rings is 1. The fourth-order valence-electron chi connectivity index (χ4n) is 4.45. The van der Waals surface area contributed by atoms with E-state index >= 15 is 0 Å². The summed E-state index contributed by atoms with van der Waals surface area (Å²) in [5, 5.41) is 8.90. The van der Waals surface area contributed by atoms with Gasteiger partial charge in [-0.1, -0.05) is 11.6 Å². The molecular weight excluding hydrogens is 362 g/mol. The highest BCUT2D eigenvalue weighted by Crippen LogP contribution is 2.33. The Morgan fingerprint density at radius 2 is 1.82 bits per heavy atom. The Labute approximate surface area is 164 Å². The second-order valence-electron chi connectivity index (χ2n) is 8.35. The number of benzene rings is 1. The standard InChI is InChI=1S/C21H28F2N4O/c1-14-3-4-19-18(13-14)15(2)25-27(19)17-7-11-26(12-8-17)20(28)24-16-5-9-21(22,23)10-6-16/h3-4,13,16-17H,5-12H2,1-2H3,(H,24,28). The molecule has 4 rings (SSSR count). The van der Waals surface area contributed by atoms with Crippen LogP contribution in [0.5, 0.6) is 0 Å². The van der Waals surface area contributed by atoms with Gasteiger partial charge in [-0.05, 0) is 51.7 Å². The molecule has 0 spiro atoms. The molecule has 0 radical (unpaired) electrons. The second kappa shape index (κ2) is 7.33. The highest BCUT2D eigenvalue weighted by atomic mass is 19.3. The third kappa shape index (κ3) is 3.84. The van der Waals surface area contributed by atoms with Gasteiger partial charge in [-0.15, -0.1) is 0 Å². The number of carbonyl (C=O) groups excluding carboxylic acids is 1. The quantitative estimate of drug-likeness (QED) is 0.816. The number of likely N-dealkylation sites (tertiary alicyclic amines) is 1. The van der Waals surface area contributed by atoms with Crippen molar-refractivity contribution in [2.75, 3.05) is 13.1 Å². The molecule has 28 heavy (non-hydrogen) atoms. The van der Waals surface area contributed by atoms with Crippen molar-refractivity contribution in [2.24, 2.45) is 0 Å². The van der Waals surface area contributed by atoms with E-state index < -0.39 is 5.92 Å². The van der Waals surface area contributed by atoms with E-state index in [0.29, 0.717) is 25.9 Å². The summed E-state index contributed by atoms with van der Waals surface area (Å²) in [7, 11) is 0.